The summed E-state index contributed by atoms with van der Waals surface area (Å²) in [5.74, 6) is 0. The summed E-state index contributed by atoms with van der Waals surface area (Å²) in [5, 5.41) is 3.42. The van der Waals surface area contributed by atoms with Crippen molar-refractivity contribution < 1.29 is 12.9 Å². The second-order valence-corrected chi connectivity index (χ2v) is 5.38. The molecule has 0 aliphatic heterocycles. The van der Waals surface area contributed by atoms with Crippen LogP contribution in [0.2, 0.25) is 0 Å². The second kappa shape index (κ2) is 5.19. The molecule has 0 fully saturated rings. The third-order valence-corrected chi connectivity index (χ3v) is 3.75. The van der Waals surface area contributed by atoms with Crippen LogP contribution >= 0.6 is 0 Å². The Bertz CT molecular complexity index is 591. The first-order valence-electron chi connectivity index (χ1n) is 5.33. The minimum absolute atomic E-state index is 0.185. The van der Waals surface area contributed by atoms with Crippen molar-refractivity contribution in [1.82, 2.24) is 5.16 Å². The summed E-state index contributed by atoms with van der Waals surface area (Å²) in [5.41, 5.74) is 6.72. The molecule has 3 N–H and O–H groups in total. The van der Waals surface area contributed by atoms with E-state index in [1.165, 1.54) is 12.5 Å². The van der Waals surface area contributed by atoms with Crippen LogP contribution in [0.3, 0.4) is 0 Å². The average molecular weight is 267 g/mol. The van der Waals surface area contributed by atoms with Crippen molar-refractivity contribution in [2.24, 2.45) is 5.73 Å². The molecule has 0 aliphatic rings. The van der Waals surface area contributed by atoms with E-state index in [0.717, 1.165) is 12.0 Å². The average Bonchev–Trinajstić information content (AvgIpc) is 2.82. The Kier molecular flexibility index (Phi) is 3.63. The maximum absolute atomic E-state index is 12.0. The Morgan fingerprint density at radius 1 is 1.28 bits per heavy atom. The van der Waals surface area contributed by atoms with Gasteiger partial charge in [0.15, 0.2) is 0 Å². The summed E-state index contributed by atoms with van der Waals surface area (Å²) >= 11 is 0. The van der Waals surface area contributed by atoms with Gasteiger partial charge in [0.25, 0.3) is 10.0 Å². The Morgan fingerprint density at radius 3 is 2.56 bits per heavy atom. The van der Waals surface area contributed by atoms with Gasteiger partial charge in [-0.25, -0.2) is 8.42 Å². The maximum Gasteiger partial charge on any atom is 0.262 e. The van der Waals surface area contributed by atoms with E-state index >= 15 is 0 Å². The fraction of sp³-hybridized carbons (Fsp3) is 0.182. The van der Waals surface area contributed by atoms with Crippen LogP contribution in [0, 0.1) is 0 Å². The highest BCUT2D eigenvalue weighted by Gasteiger charge is 2.14. The molecular formula is C11H13N3O3S. The lowest BCUT2D eigenvalue weighted by Crippen LogP contribution is -2.12. The molecule has 96 valence electrons. The summed E-state index contributed by atoms with van der Waals surface area (Å²) in [6.45, 7) is 0.533. The molecule has 1 aromatic carbocycles. The van der Waals surface area contributed by atoms with E-state index in [1.807, 2.05) is 0 Å². The number of nitrogens with two attached hydrogens (primary N) is 1. The molecule has 7 heteroatoms. The minimum Gasteiger partial charge on any atom is -0.362 e. The number of benzene rings is 1. The first-order chi connectivity index (χ1) is 8.62. The van der Waals surface area contributed by atoms with Crippen LogP contribution < -0.4 is 10.5 Å². The molecule has 0 unspecified atom stereocenters. The third-order valence-electron chi connectivity index (χ3n) is 2.35. The maximum atomic E-state index is 12.0. The number of hydrogen-bond donors (Lipinski definition) is 2. The molecule has 0 spiro atoms. The smallest absolute Gasteiger partial charge is 0.262 e. The second-order valence-electron chi connectivity index (χ2n) is 3.70. The number of rotatable bonds is 5. The van der Waals surface area contributed by atoms with Gasteiger partial charge in [0, 0.05) is 0 Å². The van der Waals surface area contributed by atoms with Crippen molar-refractivity contribution in [3.05, 3.63) is 42.3 Å². The summed E-state index contributed by atoms with van der Waals surface area (Å²) < 4.78 is 30.8. The Morgan fingerprint density at radius 2 is 2.00 bits per heavy atom. The first-order valence-corrected chi connectivity index (χ1v) is 6.81. The summed E-state index contributed by atoms with van der Waals surface area (Å²) in [6.07, 6.45) is 3.24. The monoisotopic (exact) mass is 267 g/mol. The fourth-order valence-electron chi connectivity index (χ4n) is 1.47. The van der Waals surface area contributed by atoms with Crippen LogP contribution in [0.1, 0.15) is 5.56 Å². The molecule has 0 amide bonds. The highest BCUT2D eigenvalue weighted by Crippen LogP contribution is 2.16. The predicted molar refractivity (Wildman–Crippen MR) is 66.5 cm³/mol. The largest absolute Gasteiger partial charge is 0.362 e. The molecule has 0 aliphatic carbocycles. The molecule has 2 rings (SSSR count). The lowest BCUT2D eigenvalue weighted by atomic mass is 10.2. The number of hydrogen-bond acceptors (Lipinski definition) is 5. The molecule has 0 radical (unpaired) electrons. The molecule has 0 saturated heterocycles. The van der Waals surface area contributed by atoms with Crippen LogP contribution in [-0.2, 0) is 16.4 Å². The van der Waals surface area contributed by atoms with Crippen molar-refractivity contribution in [2.45, 2.75) is 11.3 Å². The highest BCUT2D eigenvalue weighted by atomic mass is 32.2. The van der Waals surface area contributed by atoms with Crippen LogP contribution in [0.4, 0.5) is 5.69 Å². The van der Waals surface area contributed by atoms with Gasteiger partial charge >= 0.3 is 0 Å². The van der Waals surface area contributed by atoms with Crippen LogP contribution in [0.25, 0.3) is 0 Å². The van der Waals surface area contributed by atoms with Crippen molar-refractivity contribution >= 4 is 15.7 Å². The third kappa shape index (κ3) is 2.88. The van der Waals surface area contributed by atoms with E-state index in [9.17, 15) is 8.42 Å². The molecule has 1 aromatic heterocycles. The zero-order valence-corrected chi connectivity index (χ0v) is 10.4. The molecule has 2 aromatic rings. The van der Waals surface area contributed by atoms with E-state index in [4.69, 9.17) is 5.73 Å². The summed E-state index contributed by atoms with van der Waals surface area (Å²) in [7, 11) is -3.60. The van der Waals surface area contributed by atoms with Crippen molar-refractivity contribution in [1.29, 1.82) is 0 Å². The number of nitrogens with zero attached hydrogens (tertiary/aromatic N) is 1. The normalized spacial score (nSPS) is 11.4. The Labute approximate surface area is 105 Å². The topological polar surface area (TPSA) is 98.2 Å². The van der Waals surface area contributed by atoms with Crippen molar-refractivity contribution in [3.8, 4) is 0 Å². The first kappa shape index (κ1) is 12.6. The molecule has 1 heterocycles. The number of sulfonamides is 1. The van der Waals surface area contributed by atoms with Gasteiger partial charge in [-0.3, -0.25) is 4.72 Å². The molecule has 0 saturated carbocycles. The van der Waals surface area contributed by atoms with E-state index < -0.39 is 10.0 Å². The summed E-state index contributed by atoms with van der Waals surface area (Å²) in [4.78, 5) is 0.185. The molecule has 6 nitrogen and oxygen atoms in total. The van der Waals surface area contributed by atoms with Gasteiger partial charge in [-0.2, -0.15) is 0 Å². The van der Waals surface area contributed by atoms with Crippen molar-refractivity contribution in [2.75, 3.05) is 11.3 Å². The van der Waals surface area contributed by atoms with Crippen molar-refractivity contribution in [3.63, 3.8) is 0 Å². The van der Waals surface area contributed by atoms with Gasteiger partial charge in [0.2, 0.25) is 0 Å². The van der Waals surface area contributed by atoms with E-state index in [-0.39, 0.29) is 4.90 Å². The van der Waals surface area contributed by atoms with Gasteiger partial charge in [-0.05, 0) is 30.7 Å². The Hall–Kier alpha value is -1.86. The predicted octanol–water partition coefficient (Wildman–Crippen LogP) is 0.977. The molecule has 18 heavy (non-hydrogen) atoms. The van der Waals surface area contributed by atoms with Gasteiger partial charge in [-0.1, -0.05) is 17.3 Å². The quantitative estimate of drug-likeness (QED) is 0.841. The lowest BCUT2D eigenvalue weighted by Gasteiger charge is -2.06. The molecule has 0 atom stereocenters. The van der Waals surface area contributed by atoms with E-state index in [1.54, 1.807) is 24.3 Å². The zero-order valence-electron chi connectivity index (χ0n) is 9.54. The van der Waals surface area contributed by atoms with Gasteiger partial charge in [-0.15, -0.1) is 0 Å². The van der Waals surface area contributed by atoms with Gasteiger partial charge in [0.1, 0.15) is 12.0 Å². The number of anilines is 1. The van der Waals surface area contributed by atoms with E-state index in [2.05, 4.69) is 14.4 Å². The highest BCUT2D eigenvalue weighted by molar-refractivity contribution is 7.92. The molecule has 0 bridgehead atoms. The zero-order chi connectivity index (χ0) is 13.0. The Balaban J connectivity index is 2.19. The molecular weight excluding hydrogens is 254 g/mol. The lowest BCUT2D eigenvalue weighted by molar-refractivity contribution is 0.420. The minimum atomic E-state index is -3.60. The number of aromatic nitrogens is 1. The van der Waals surface area contributed by atoms with E-state index in [0.29, 0.717) is 12.2 Å². The van der Waals surface area contributed by atoms with Gasteiger partial charge < -0.3 is 10.3 Å². The van der Waals surface area contributed by atoms with Gasteiger partial charge in [0.05, 0.1) is 11.1 Å². The number of nitrogens with one attached hydrogen (secondary N) is 1. The van der Waals surface area contributed by atoms with Crippen LogP contribution in [-0.4, -0.2) is 20.1 Å². The SMILES string of the molecule is NCCc1ccc(S(=O)(=O)Nc2cnoc2)cc1. The summed E-state index contributed by atoms with van der Waals surface area (Å²) in [6, 6.07) is 6.58. The van der Waals surface area contributed by atoms with Crippen LogP contribution in [0.15, 0.2) is 46.1 Å². The fourth-order valence-corrected chi connectivity index (χ4v) is 2.49. The standard InChI is InChI=1S/C11H13N3O3S/c12-6-5-9-1-3-11(4-2-9)18(15,16)14-10-7-13-17-8-10/h1-4,7-8,14H,5-6,12H2. The van der Waals surface area contributed by atoms with Crippen LogP contribution in [0.5, 0.6) is 0 Å².